The van der Waals surface area contributed by atoms with E-state index in [1.807, 2.05) is 24.3 Å². The average molecular weight is 320 g/mol. The molecule has 0 saturated heterocycles. The molecule has 0 atom stereocenters. The molecule has 0 aliphatic carbocycles. The predicted molar refractivity (Wildman–Crippen MR) is 86.5 cm³/mol. The number of methoxy groups -OCH3 is 2. The highest BCUT2D eigenvalue weighted by Gasteiger charge is 2.09. The summed E-state index contributed by atoms with van der Waals surface area (Å²) in [5.74, 6) is 1.33. The van der Waals surface area contributed by atoms with Crippen LogP contribution in [0.1, 0.15) is 11.1 Å². The van der Waals surface area contributed by atoms with Crippen LogP contribution in [0.2, 0.25) is 5.02 Å². The molecule has 116 valence electrons. The van der Waals surface area contributed by atoms with Crippen molar-refractivity contribution in [2.24, 2.45) is 0 Å². The summed E-state index contributed by atoms with van der Waals surface area (Å²) < 4.78 is 10.4. The van der Waals surface area contributed by atoms with E-state index in [2.05, 4.69) is 5.32 Å². The summed E-state index contributed by atoms with van der Waals surface area (Å²) in [6.07, 6.45) is 0.216. The summed E-state index contributed by atoms with van der Waals surface area (Å²) in [5, 5.41) is 3.46. The molecule has 0 bridgehead atoms. The number of amides is 1. The second-order valence-corrected chi connectivity index (χ2v) is 5.20. The third-order valence-electron chi connectivity index (χ3n) is 3.22. The molecule has 1 amide bonds. The first-order chi connectivity index (χ1) is 10.6. The second-order valence-electron chi connectivity index (χ2n) is 4.76. The third kappa shape index (κ3) is 4.40. The van der Waals surface area contributed by atoms with Crippen LogP contribution in [0, 0.1) is 0 Å². The molecule has 4 nitrogen and oxygen atoms in total. The highest BCUT2D eigenvalue weighted by atomic mass is 35.5. The van der Waals surface area contributed by atoms with Crippen LogP contribution in [0.5, 0.6) is 11.5 Å². The van der Waals surface area contributed by atoms with Gasteiger partial charge in [0.05, 0.1) is 20.6 Å². The van der Waals surface area contributed by atoms with Crippen molar-refractivity contribution in [1.29, 1.82) is 0 Å². The third-order valence-corrected chi connectivity index (χ3v) is 3.45. The van der Waals surface area contributed by atoms with E-state index in [1.165, 1.54) is 0 Å². The van der Waals surface area contributed by atoms with E-state index in [9.17, 15) is 4.79 Å². The van der Waals surface area contributed by atoms with Gasteiger partial charge in [0.15, 0.2) is 0 Å². The molecule has 0 unspecified atom stereocenters. The van der Waals surface area contributed by atoms with Gasteiger partial charge in [0.1, 0.15) is 11.5 Å². The fourth-order valence-electron chi connectivity index (χ4n) is 2.10. The van der Waals surface area contributed by atoms with Crippen LogP contribution in [0.15, 0.2) is 42.5 Å². The number of rotatable bonds is 6. The minimum Gasteiger partial charge on any atom is -0.497 e. The van der Waals surface area contributed by atoms with Crippen molar-refractivity contribution in [3.05, 3.63) is 58.6 Å². The predicted octanol–water partition coefficient (Wildman–Crippen LogP) is 3.22. The summed E-state index contributed by atoms with van der Waals surface area (Å²) in [6, 6.07) is 12.8. The zero-order chi connectivity index (χ0) is 15.9. The van der Waals surface area contributed by atoms with Gasteiger partial charge in [0.25, 0.3) is 0 Å². The SMILES string of the molecule is COc1cccc(CNC(=O)Cc2cc(Cl)ccc2OC)c1. The van der Waals surface area contributed by atoms with Crippen LogP contribution in [0.25, 0.3) is 0 Å². The zero-order valence-electron chi connectivity index (χ0n) is 12.6. The summed E-state index contributed by atoms with van der Waals surface area (Å²) in [5.41, 5.74) is 1.74. The number of ether oxygens (including phenoxy) is 2. The van der Waals surface area contributed by atoms with Gasteiger partial charge in [0, 0.05) is 17.1 Å². The first kappa shape index (κ1) is 16.2. The Morgan fingerprint density at radius 3 is 2.68 bits per heavy atom. The number of nitrogens with one attached hydrogen (secondary N) is 1. The Morgan fingerprint density at radius 1 is 1.14 bits per heavy atom. The van der Waals surface area contributed by atoms with Gasteiger partial charge >= 0.3 is 0 Å². The highest BCUT2D eigenvalue weighted by molar-refractivity contribution is 6.30. The van der Waals surface area contributed by atoms with Crippen LogP contribution in [0.3, 0.4) is 0 Å². The van der Waals surface area contributed by atoms with Crippen LogP contribution in [-0.2, 0) is 17.8 Å². The molecule has 1 N–H and O–H groups in total. The standard InChI is InChI=1S/C17H18ClNO3/c1-21-15-5-3-4-12(8-15)11-19-17(20)10-13-9-14(18)6-7-16(13)22-2/h3-9H,10-11H2,1-2H3,(H,19,20). The number of carbonyl (C=O) groups excluding carboxylic acids is 1. The van der Waals surface area contributed by atoms with E-state index in [0.717, 1.165) is 16.9 Å². The Hall–Kier alpha value is -2.20. The van der Waals surface area contributed by atoms with Gasteiger partial charge in [-0.05, 0) is 35.9 Å². The minimum absolute atomic E-state index is 0.0941. The summed E-state index contributed by atoms with van der Waals surface area (Å²) in [6.45, 7) is 0.443. The van der Waals surface area contributed by atoms with Gasteiger partial charge in [-0.3, -0.25) is 4.79 Å². The van der Waals surface area contributed by atoms with E-state index in [4.69, 9.17) is 21.1 Å². The summed E-state index contributed by atoms with van der Waals surface area (Å²) in [7, 11) is 3.18. The van der Waals surface area contributed by atoms with Crippen molar-refractivity contribution in [3.63, 3.8) is 0 Å². The number of halogens is 1. The van der Waals surface area contributed by atoms with Crippen molar-refractivity contribution in [3.8, 4) is 11.5 Å². The normalized spacial score (nSPS) is 10.1. The number of carbonyl (C=O) groups is 1. The van der Waals surface area contributed by atoms with E-state index in [1.54, 1.807) is 32.4 Å². The topological polar surface area (TPSA) is 47.6 Å². The number of hydrogen-bond donors (Lipinski definition) is 1. The van der Waals surface area contributed by atoms with Crippen molar-refractivity contribution in [2.75, 3.05) is 14.2 Å². The number of hydrogen-bond acceptors (Lipinski definition) is 3. The Kier molecular flexibility index (Phi) is 5.67. The molecule has 2 rings (SSSR count). The van der Waals surface area contributed by atoms with Crippen molar-refractivity contribution < 1.29 is 14.3 Å². The van der Waals surface area contributed by atoms with E-state index >= 15 is 0 Å². The van der Waals surface area contributed by atoms with E-state index in [0.29, 0.717) is 17.3 Å². The van der Waals surface area contributed by atoms with Crippen LogP contribution < -0.4 is 14.8 Å². The molecule has 2 aromatic rings. The molecule has 0 radical (unpaired) electrons. The lowest BCUT2D eigenvalue weighted by molar-refractivity contribution is -0.120. The molecule has 0 heterocycles. The Labute approximate surface area is 135 Å². The zero-order valence-corrected chi connectivity index (χ0v) is 13.3. The van der Waals surface area contributed by atoms with Crippen LogP contribution >= 0.6 is 11.6 Å². The van der Waals surface area contributed by atoms with E-state index < -0.39 is 0 Å². The van der Waals surface area contributed by atoms with Gasteiger partial charge in [-0.2, -0.15) is 0 Å². The monoisotopic (exact) mass is 319 g/mol. The van der Waals surface area contributed by atoms with Crippen LogP contribution in [-0.4, -0.2) is 20.1 Å². The van der Waals surface area contributed by atoms with Gasteiger partial charge < -0.3 is 14.8 Å². The molecule has 2 aromatic carbocycles. The smallest absolute Gasteiger partial charge is 0.224 e. The first-order valence-corrected chi connectivity index (χ1v) is 7.22. The van der Waals surface area contributed by atoms with E-state index in [-0.39, 0.29) is 12.3 Å². The van der Waals surface area contributed by atoms with Crippen LogP contribution in [0.4, 0.5) is 0 Å². The lowest BCUT2D eigenvalue weighted by Crippen LogP contribution is -2.24. The highest BCUT2D eigenvalue weighted by Crippen LogP contribution is 2.23. The quantitative estimate of drug-likeness (QED) is 0.889. The number of benzene rings is 2. The summed E-state index contributed by atoms with van der Waals surface area (Å²) >= 11 is 5.96. The molecular formula is C17H18ClNO3. The Bertz CT molecular complexity index is 658. The molecule has 0 fully saturated rings. The lowest BCUT2D eigenvalue weighted by atomic mass is 10.1. The molecule has 22 heavy (non-hydrogen) atoms. The van der Waals surface area contributed by atoms with Gasteiger partial charge in [-0.1, -0.05) is 23.7 Å². The van der Waals surface area contributed by atoms with Gasteiger partial charge in [0.2, 0.25) is 5.91 Å². The molecule has 0 spiro atoms. The minimum atomic E-state index is -0.0941. The molecule has 0 aromatic heterocycles. The molecule has 0 aliphatic heterocycles. The Morgan fingerprint density at radius 2 is 1.95 bits per heavy atom. The van der Waals surface area contributed by atoms with Gasteiger partial charge in [-0.25, -0.2) is 0 Å². The molecule has 0 aliphatic rings. The largest absolute Gasteiger partial charge is 0.497 e. The maximum atomic E-state index is 12.1. The second kappa shape index (κ2) is 7.71. The van der Waals surface area contributed by atoms with Gasteiger partial charge in [-0.15, -0.1) is 0 Å². The Balaban J connectivity index is 1.97. The van der Waals surface area contributed by atoms with Crippen molar-refractivity contribution in [2.45, 2.75) is 13.0 Å². The maximum Gasteiger partial charge on any atom is 0.224 e. The molecule has 5 heteroatoms. The van der Waals surface area contributed by atoms with Crippen molar-refractivity contribution in [1.82, 2.24) is 5.32 Å². The fraction of sp³-hybridized carbons (Fsp3) is 0.235. The fourth-order valence-corrected chi connectivity index (χ4v) is 2.30. The molecule has 0 saturated carbocycles. The van der Waals surface area contributed by atoms with Crippen molar-refractivity contribution >= 4 is 17.5 Å². The summed E-state index contributed by atoms with van der Waals surface area (Å²) in [4.78, 5) is 12.1. The first-order valence-electron chi connectivity index (χ1n) is 6.84. The average Bonchev–Trinajstić information content (AvgIpc) is 2.53. The lowest BCUT2D eigenvalue weighted by Gasteiger charge is -2.10. The maximum absolute atomic E-state index is 12.1. The molecular weight excluding hydrogens is 302 g/mol.